The van der Waals surface area contributed by atoms with E-state index in [4.69, 9.17) is 28.4 Å². The summed E-state index contributed by atoms with van der Waals surface area (Å²) < 4.78 is 76.8. The average Bonchev–Trinajstić information content (AvgIpc) is 3.42. The lowest BCUT2D eigenvalue weighted by Gasteiger charge is -2.28. The van der Waals surface area contributed by atoms with Gasteiger partial charge < -0.3 is 33.3 Å². The molecule has 0 radical (unpaired) electrons. The predicted molar refractivity (Wildman–Crippen MR) is 194 cm³/mol. The number of hydrogen-bond acceptors (Lipinski definition) is 12. The molecular weight excluding hydrogens is 739 g/mol. The molecule has 1 aromatic carbocycles. The Labute approximate surface area is 306 Å². The lowest BCUT2D eigenvalue weighted by molar-refractivity contribution is -0.685. The van der Waals surface area contributed by atoms with E-state index in [1.165, 1.54) is 29.0 Å². The molecule has 19 heteroatoms. The molecular formula is C34H44F3N6O8P2+. The van der Waals surface area contributed by atoms with Crippen LogP contribution in [0, 0.1) is 11.3 Å². The first-order chi connectivity index (χ1) is 25.2. The molecule has 288 valence electrons. The quantitative estimate of drug-likeness (QED) is 0.0766. The van der Waals surface area contributed by atoms with E-state index < -0.39 is 47.2 Å². The van der Waals surface area contributed by atoms with E-state index in [1.807, 2.05) is 51.4 Å². The molecule has 2 aromatic heterocycles. The van der Waals surface area contributed by atoms with Gasteiger partial charge >= 0.3 is 11.8 Å². The molecule has 3 N–H and O–H groups in total. The molecule has 0 saturated carbocycles. The van der Waals surface area contributed by atoms with E-state index in [-0.39, 0.29) is 48.8 Å². The molecule has 0 aliphatic carbocycles. The Hall–Kier alpha value is -3.71. The van der Waals surface area contributed by atoms with E-state index in [0.29, 0.717) is 16.7 Å². The summed E-state index contributed by atoms with van der Waals surface area (Å²) in [7, 11) is -4.71. The molecule has 5 atom stereocenters. The van der Waals surface area contributed by atoms with Crippen LogP contribution in [0.3, 0.4) is 0 Å². The first kappa shape index (κ1) is 42.0. The molecule has 5 unspecified atom stereocenters. The van der Waals surface area contributed by atoms with Gasteiger partial charge in [0, 0.05) is 54.5 Å². The Kier molecular flexibility index (Phi) is 15.1. The molecule has 3 heterocycles. The van der Waals surface area contributed by atoms with Crippen molar-refractivity contribution in [1.82, 2.24) is 15.3 Å². The van der Waals surface area contributed by atoms with Crippen LogP contribution in [-0.4, -0.2) is 72.8 Å². The van der Waals surface area contributed by atoms with Crippen LogP contribution in [0.5, 0.6) is 0 Å². The van der Waals surface area contributed by atoms with E-state index in [0.717, 1.165) is 18.8 Å². The summed E-state index contributed by atoms with van der Waals surface area (Å²) in [5, 5.41) is 23.4. The van der Waals surface area contributed by atoms with Gasteiger partial charge in [0.15, 0.2) is 6.20 Å². The monoisotopic (exact) mass is 783 g/mol. The number of aliphatic hydroxyl groups excluding tert-OH is 1. The minimum Gasteiger partial charge on any atom is -0.422 e. The van der Waals surface area contributed by atoms with Crippen molar-refractivity contribution in [1.29, 1.82) is 5.26 Å². The largest absolute Gasteiger partial charge is 0.428 e. The Morgan fingerprint density at radius 1 is 1.21 bits per heavy atom. The number of benzene rings is 1. The number of fused-ring (bicyclic) bond motifs is 1. The van der Waals surface area contributed by atoms with Crippen LogP contribution in [-0.2, 0) is 29.5 Å². The molecule has 1 aliphatic heterocycles. The molecule has 1 saturated heterocycles. The molecule has 0 bridgehead atoms. The molecule has 1 fully saturated rings. The second-order valence-electron chi connectivity index (χ2n) is 12.2. The number of alkyl halides is 3. The number of aromatic nitrogens is 1. The highest BCUT2D eigenvalue weighted by Gasteiger charge is 2.43. The van der Waals surface area contributed by atoms with Gasteiger partial charge in [-0.25, -0.2) is 9.46 Å². The Bertz CT molecular complexity index is 1890. The number of rotatable bonds is 17. The van der Waals surface area contributed by atoms with E-state index in [9.17, 15) is 27.3 Å². The van der Waals surface area contributed by atoms with Crippen molar-refractivity contribution in [3.63, 3.8) is 0 Å². The van der Waals surface area contributed by atoms with Crippen LogP contribution in [0.15, 0.2) is 51.8 Å². The summed E-state index contributed by atoms with van der Waals surface area (Å²) >= 11 is 0. The second kappa shape index (κ2) is 19.1. The molecule has 1 aliphatic rings. The normalized spacial score (nSPS) is 19.2. The molecule has 14 nitrogen and oxygen atoms in total. The Balaban J connectivity index is 1.54. The highest BCUT2D eigenvalue weighted by Crippen LogP contribution is 2.53. The highest BCUT2D eigenvalue weighted by atomic mass is 31.2. The number of aliphatic hydroxyl groups is 1. The number of pyridine rings is 1. The fourth-order valence-corrected chi connectivity index (χ4v) is 8.20. The third-order valence-corrected chi connectivity index (χ3v) is 11.5. The Morgan fingerprint density at radius 3 is 2.60 bits per heavy atom. The number of nitrogens with zero attached hydrogens (tertiary/aromatic N) is 4. The number of hydrogen-bond donors (Lipinski definition) is 3. The third kappa shape index (κ3) is 11.2. The third-order valence-electron chi connectivity index (χ3n) is 8.34. The van der Waals surface area contributed by atoms with Crippen LogP contribution in [0.1, 0.15) is 52.3 Å². The predicted octanol–water partition coefficient (Wildman–Crippen LogP) is 4.37. The van der Waals surface area contributed by atoms with Gasteiger partial charge in [0.2, 0.25) is 26.5 Å². The fraction of sp³-hybridized carbons (Fsp3) is 0.471. The van der Waals surface area contributed by atoms with Crippen molar-refractivity contribution in [2.45, 2.75) is 78.2 Å². The maximum atomic E-state index is 13.2. The zero-order chi connectivity index (χ0) is 38.9. The SMILES string of the molecule is CCN(CC)c1ccc2cc(/C=C/c3ccc([PH](=O)OCNC(O)C(F)(F)F)c[n+]3CC(=O)NCOP3OC(CC#N)C(C)N3C(C)C)c(=O)oc2c1. The van der Waals surface area contributed by atoms with Gasteiger partial charge in [0.05, 0.1) is 29.5 Å². The van der Waals surface area contributed by atoms with E-state index >= 15 is 0 Å². The number of amides is 1. The van der Waals surface area contributed by atoms with Crippen molar-refractivity contribution in [3.8, 4) is 6.07 Å². The number of nitriles is 1. The number of carbonyl (C=O) groups excluding carboxylic acids is 1. The van der Waals surface area contributed by atoms with Gasteiger partial charge in [0.1, 0.15) is 19.0 Å². The molecule has 53 heavy (non-hydrogen) atoms. The van der Waals surface area contributed by atoms with Gasteiger partial charge in [0.25, 0.3) is 14.4 Å². The van der Waals surface area contributed by atoms with Gasteiger partial charge in [-0.15, -0.1) is 0 Å². The van der Waals surface area contributed by atoms with Crippen LogP contribution < -0.4 is 31.0 Å². The summed E-state index contributed by atoms with van der Waals surface area (Å²) in [6.07, 6.45) is -3.56. The van der Waals surface area contributed by atoms with Crippen molar-refractivity contribution in [3.05, 3.63) is 64.3 Å². The zero-order valence-corrected chi connectivity index (χ0v) is 31.8. The first-order valence-corrected chi connectivity index (χ1v) is 19.3. The molecule has 4 rings (SSSR count). The van der Waals surface area contributed by atoms with Crippen molar-refractivity contribution < 1.29 is 50.2 Å². The van der Waals surface area contributed by atoms with Crippen molar-refractivity contribution in [2.24, 2.45) is 0 Å². The number of halogens is 3. The van der Waals surface area contributed by atoms with Gasteiger partial charge in [-0.1, -0.05) is 0 Å². The lowest BCUT2D eigenvalue weighted by atomic mass is 10.1. The lowest BCUT2D eigenvalue weighted by Crippen LogP contribution is -2.46. The molecule has 0 spiro atoms. The second-order valence-corrected chi connectivity index (χ2v) is 15.1. The summed E-state index contributed by atoms with van der Waals surface area (Å²) in [5.74, 6) is -0.515. The van der Waals surface area contributed by atoms with E-state index in [1.54, 1.807) is 23.5 Å². The van der Waals surface area contributed by atoms with Gasteiger partial charge in [-0.05, 0) is 65.0 Å². The summed E-state index contributed by atoms with van der Waals surface area (Å²) in [4.78, 5) is 28.3. The van der Waals surface area contributed by atoms with Crippen LogP contribution >= 0.6 is 16.6 Å². The number of carbonyl (C=O) groups is 1. The average molecular weight is 784 g/mol. The van der Waals surface area contributed by atoms with Crippen LogP contribution in [0.2, 0.25) is 0 Å². The summed E-state index contributed by atoms with van der Waals surface area (Å²) in [5.41, 5.74) is 1.37. The maximum absolute atomic E-state index is 13.2. The minimum atomic E-state index is -4.95. The number of nitrogens with one attached hydrogen (secondary N) is 2. The summed E-state index contributed by atoms with van der Waals surface area (Å²) in [6.45, 7) is 10.1. The standard InChI is InChI=1S/C34H43F3N6O8P2/c1-6-41(7-2)27-11-8-24-16-25(32(45)50-30(24)17-27)9-10-26-12-13-28(52(47)48-21-40-33(46)34(35,36)37)18-42(26)19-31(44)39-20-49-53-43(22(3)4)23(5)29(51-53)14-15-38/h8-13,16-18,22-23,29,33,40,46,52H,6-7,14,19-21H2,1-5H3/p+1. The highest BCUT2D eigenvalue weighted by molar-refractivity contribution is 7.48. The maximum Gasteiger partial charge on any atom is 0.428 e. The summed E-state index contributed by atoms with van der Waals surface area (Å²) in [6, 6.07) is 12.3. The van der Waals surface area contributed by atoms with Gasteiger partial charge in [-0.3, -0.25) is 14.7 Å². The number of anilines is 1. The zero-order valence-electron chi connectivity index (χ0n) is 29.9. The molecule has 1 amide bonds. The van der Waals surface area contributed by atoms with Crippen molar-refractivity contribution in [2.75, 3.05) is 31.5 Å². The van der Waals surface area contributed by atoms with Crippen LogP contribution in [0.25, 0.3) is 23.1 Å². The van der Waals surface area contributed by atoms with Crippen LogP contribution in [0.4, 0.5) is 18.9 Å². The van der Waals surface area contributed by atoms with E-state index in [2.05, 4.69) is 16.3 Å². The minimum absolute atomic E-state index is 0.0513. The van der Waals surface area contributed by atoms with Gasteiger partial charge in [-0.2, -0.15) is 23.0 Å². The Morgan fingerprint density at radius 2 is 1.94 bits per heavy atom. The van der Waals surface area contributed by atoms with Crippen molar-refractivity contribution >= 4 is 56.6 Å². The first-order valence-electron chi connectivity index (χ1n) is 16.9. The smallest absolute Gasteiger partial charge is 0.422 e. The topological polar surface area (TPSA) is 170 Å². The fourth-order valence-electron chi connectivity index (χ4n) is 5.55. The molecule has 3 aromatic rings.